The van der Waals surface area contributed by atoms with Crippen LogP contribution in [0.2, 0.25) is 0 Å². The van der Waals surface area contributed by atoms with Crippen LogP contribution in [0, 0.1) is 23.7 Å². The smallest absolute Gasteiger partial charge is 0.326 e. The minimum atomic E-state index is -1.69. The zero-order chi connectivity index (χ0) is 61.3. The van der Waals surface area contributed by atoms with Crippen LogP contribution >= 0.6 is 12.6 Å². The maximum atomic E-state index is 14.2. The van der Waals surface area contributed by atoms with E-state index >= 15 is 0 Å². The Labute approximate surface area is 470 Å². The fourth-order valence-electron chi connectivity index (χ4n) is 8.33. The summed E-state index contributed by atoms with van der Waals surface area (Å²) in [6.07, 6.45) is -2.48. The number of thiol groups is 1. The van der Waals surface area contributed by atoms with E-state index in [0.29, 0.717) is 19.3 Å². The molecule has 0 spiro atoms. The number of hydrogen-bond donors (Lipinski definition) is 15. The number of carboxylic acids is 3. The number of carboxylic acid groups (broad SMARTS) is 3. The SMILES string of the molecule is CC[C@H](C)[C@H](NC(=O)[C@@H](NC(=O)[C@@H]1CCCN1C(=O)[C@H](CC(N)=O)NC(=O)[C@H](CS)NC(=O)[C@@H](NC(=O)[C@H](CCC(N)=O)NC(=O)[C@H](CCC(=O)O)NC(=O)[C@H](CC(C)C)NC(=O)[C@@H](N)CCC(=O)O)C(C)C)[C@@H](C)CC)C(=O)O. The summed E-state index contributed by atoms with van der Waals surface area (Å²) in [4.78, 5) is 184. The lowest BCUT2D eigenvalue weighted by molar-refractivity contribution is -0.145. The largest absolute Gasteiger partial charge is 0.481 e. The van der Waals surface area contributed by atoms with Crippen molar-refractivity contribution in [1.82, 2.24) is 47.4 Å². The van der Waals surface area contributed by atoms with Gasteiger partial charge in [-0.05, 0) is 62.2 Å². The third kappa shape index (κ3) is 24.1. The third-order valence-corrected chi connectivity index (χ3v) is 13.8. The van der Waals surface area contributed by atoms with Gasteiger partial charge in [-0.1, -0.05) is 68.2 Å². The molecule has 0 aromatic rings. The predicted octanol–water partition coefficient (Wildman–Crippen LogP) is -3.14. The van der Waals surface area contributed by atoms with Crippen molar-refractivity contribution in [3.05, 3.63) is 0 Å². The van der Waals surface area contributed by atoms with Gasteiger partial charge in [-0.15, -0.1) is 0 Å². The fourth-order valence-corrected chi connectivity index (χ4v) is 8.58. The first kappa shape index (κ1) is 70.9. The van der Waals surface area contributed by atoms with E-state index in [9.17, 15) is 77.3 Å². The van der Waals surface area contributed by atoms with Gasteiger partial charge < -0.3 is 80.0 Å². The van der Waals surface area contributed by atoms with Crippen LogP contribution in [0.15, 0.2) is 0 Å². The summed E-state index contributed by atoms with van der Waals surface area (Å²) < 4.78 is 0. The van der Waals surface area contributed by atoms with Crippen LogP contribution in [0.25, 0.3) is 0 Å². The molecule has 0 bridgehead atoms. The lowest BCUT2D eigenvalue weighted by atomic mass is 9.95. The zero-order valence-corrected chi connectivity index (χ0v) is 47.6. The highest BCUT2D eigenvalue weighted by Crippen LogP contribution is 2.21. The van der Waals surface area contributed by atoms with Crippen molar-refractivity contribution in [2.75, 3.05) is 12.3 Å². The molecule has 0 aliphatic carbocycles. The highest BCUT2D eigenvalue weighted by Gasteiger charge is 2.42. The maximum Gasteiger partial charge on any atom is 0.326 e. The molecule has 1 aliphatic rings. The molecule has 0 unspecified atom stereocenters. The standard InChI is InChI=1S/C50H84N12O17S/c1-9-25(7)39(48(76)61-40(50(78)79)26(8)10-2)60-46(74)33-12-11-19-62(33)49(77)31(21-35(53)64)57-45(73)32(22-80)58-47(75)38(24(5)6)59-43(71)28(14-16-34(52)63)54-42(70)29(15-18-37(67)68)55-44(72)30(20-23(3)4)56-41(69)27(51)13-17-36(65)66/h23-33,38-40,80H,9-22,51H2,1-8H3,(H2,52,63)(H2,53,64)(H,54,70)(H,55,72)(H,56,69)(H,57,73)(H,58,75)(H,59,71)(H,60,74)(H,61,76)(H,65,66)(H,67,68)(H,78,79)/t25-,26-,27-,28-,29-,30-,31-,32-,33-,38-,39-,40-/m0/s1. The number of amides is 11. The minimum absolute atomic E-state index is 0.0118. The van der Waals surface area contributed by atoms with Crippen LogP contribution in [0.5, 0.6) is 0 Å². The van der Waals surface area contributed by atoms with E-state index in [1.165, 1.54) is 13.8 Å². The van der Waals surface area contributed by atoms with Crippen LogP contribution in [0.4, 0.5) is 0 Å². The van der Waals surface area contributed by atoms with Crippen molar-refractivity contribution < 1.29 is 82.4 Å². The first-order valence-electron chi connectivity index (χ1n) is 26.6. The number of likely N-dealkylation sites (tertiary alicyclic amines) is 1. The molecule has 30 heteroatoms. The Morgan fingerprint density at radius 3 is 1.48 bits per heavy atom. The number of carbonyl (C=O) groups excluding carboxylic acids is 11. The molecular weight excluding hydrogens is 1070 g/mol. The van der Waals surface area contributed by atoms with Crippen molar-refractivity contribution in [2.24, 2.45) is 40.9 Å². The summed E-state index contributed by atoms with van der Waals surface area (Å²) in [5, 5.41) is 47.9. The van der Waals surface area contributed by atoms with Crippen molar-refractivity contribution >= 4 is 95.5 Å². The van der Waals surface area contributed by atoms with Crippen LogP contribution in [-0.4, -0.2) is 176 Å². The lowest BCUT2D eigenvalue weighted by Gasteiger charge is -2.32. The minimum Gasteiger partial charge on any atom is -0.481 e. The fraction of sp³-hybridized carbons (Fsp3) is 0.720. The van der Waals surface area contributed by atoms with Crippen LogP contribution in [0.3, 0.4) is 0 Å². The molecule has 1 rings (SSSR count). The first-order valence-corrected chi connectivity index (χ1v) is 27.3. The van der Waals surface area contributed by atoms with Gasteiger partial charge >= 0.3 is 17.9 Å². The number of hydrogen-bond acceptors (Lipinski definition) is 16. The van der Waals surface area contributed by atoms with E-state index in [-0.39, 0.29) is 31.7 Å². The van der Waals surface area contributed by atoms with Gasteiger partial charge in [0.1, 0.15) is 54.4 Å². The molecule has 0 aromatic heterocycles. The average Bonchev–Trinajstić information content (AvgIpc) is 3.88. The number of aliphatic carboxylic acids is 3. The van der Waals surface area contributed by atoms with Gasteiger partial charge in [-0.2, -0.15) is 12.6 Å². The molecule has 80 heavy (non-hydrogen) atoms. The van der Waals surface area contributed by atoms with E-state index in [2.05, 4.69) is 55.2 Å². The van der Waals surface area contributed by atoms with E-state index in [4.69, 9.17) is 22.3 Å². The molecule has 0 aromatic carbocycles. The zero-order valence-electron chi connectivity index (χ0n) is 46.7. The topological polar surface area (TPSA) is 477 Å². The van der Waals surface area contributed by atoms with Crippen LogP contribution in [-0.2, 0) is 67.1 Å². The van der Waals surface area contributed by atoms with Crippen molar-refractivity contribution in [2.45, 2.75) is 193 Å². The molecule has 17 N–H and O–H groups in total. The Balaban J connectivity index is 3.41. The Morgan fingerprint density at radius 1 is 0.537 bits per heavy atom. The molecule has 1 heterocycles. The summed E-state index contributed by atoms with van der Waals surface area (Å²) in [6, 6.07) is -14.5. The van der Waals surface area contributed by atoms with Gasteiger partial charge in [0, 0.05) is 31.6 Å². The Kier molecular flexibility index (Phi) is 30.8. The molecule has 29 nitrogen and oxygen atoms in total. The highest BCUT2D eigenvalue weighted by atomic mass is 32.1. The summed E-state index contributed by atoms with van der Waals surface area (Å²) in [6.45, 7) is 13.2. The molecule has 1 saturated heterocycles. The Hall–Kier alpha value is -7.11. The van der Waals surface area contributed by atoms with E-state index in [0.717, 1.165) is 4.90 Å². The van der Waals surface area contributed by atoms with Crippen LogP contribution < -0.4 is 59.7 Å². The first-order chi connectivity index (χ1) is 37.3. The van der Waals surface area contributed by atoms with Crippen LogP contribution in [0.1, 0.15) is 132 Å². The second kappa shape index (κ2) is 34.8. The average molecular weight is 1160 g/mol. The molecule has 1 aliphatic heterocycles. The Bertz CT molecular complexity index is 2240. The van der Waals surface area contributed by atoms with E-state index in [1.54, 1.807) is 41.5 Å². The van der Waals surface area contributed by atoms with Gasteiger partial charge in [0.2, 0.25) is 65.0 Å². The summed E-state index contributed by atoms with van der Waals surface area (Å²) >= 11 is 4.20. The number of rotatable bonds is 37. The summed E-state index contributed by atoms with van der Waals surface area (Å²) in [7, 11) is 0. The molecule has 1 fully saturated rings. The predicted molar refractivity (Wildman–Crippen MR) is 289 cm³/mol. The molecular formula is C50H84N12O17S. The molecule has 12 atom stereocenters. The van der Waals surface area contributed by atoms with E-state index < -0.39 is 205 Å². The lowest BCUT2D eigenvalue weighted by Crippen LogP contribution is -2.62. The van der Waals surface area contributed by atoms with Crippen molar-refractivity contribution in [3.63, 3.8) is 0 Å². The second-order valence-electron chi connectivity index (χ2n) is 20.8. The number of nitrogens with one attached hydrogen (secondary N) is 8. The molecule has 0 radical (unpaired) electrons. The van der Waals surface area contributed by atoms with Crippen molar-refractivity contribution in [1.29, 1.82) is 0 Å². The van der Waals surface area contributed by atoms with Gasteiger partial charge in [0.05, 0.1) is 12.5 Å². The van der Waals surface area contributed by atoms with Crippen molar-refractivity contribution in [3.8, 4) is 0 Å². The summed E-state index contributed by atoms with van der Waals surface area (Å²) in [5.74, 6) is -16.7. The number of nitrogens with two attached hydrogens (primary N) is 3. The maximum absolute atomic E-state index is 14.2. The number of carbonyl (C=O) groups is 14. The molecule has 452 valence electrons. The van der Waals surface area contributed by atoms with Gasteiger partial charge in [0.25, 0.3) is 0 Å². The highest BCUT2D eigenvalue weighted by molar-refractivity contribution is 7.80. The second-order valence-corrected chi connectivity index (χ2v) is 21.1. The monoisotopic (exact) mass is 1160 g/mol. The molecule has 11 amide bonds. The van der Waals surface area contributed by atoms with Gasteiger partial charge in [-0.3, -0.25) is 62.3 Å². The Morgan fingerprint density at radius 2 is 0.988 bits per heavy atom. The third-order valence-electron chi connectivity index (χ3n) is 13.4. The number of primary amides is 2. The normalized spacial score (nSPS) is 17.2. The number of nitrogens with zero attached hydrogens (tertiary/aromatic N) is 1. The quantitative estimate of drug-likeness (QED) is 0.0273. The molecule has 0 saturated carbocycles. The summed E-state index contributed by atoms with van der Waals surface area (Å²) in [5.41, 5.74) is 16.7. The van der Waals surface area contributed by atoms with Gasteiger partial charge in [0.15, 0.2) is 0 Å². The van der Waals surface area contributed by atoms with Gasteiger partial charge in [-0.25, -0.2) is 4.79 Å². The van der Waals surface area contributed by atoms with E-state index in [1.807, 2.05) is 0 Å².